The van der Waals surface area contributed by atoms with Crippen LogP contribution in [0.5, 0.6) is 0 Å². The second-order valence-electron chi connectivity index (χ2n) is 5.20. The van der Waals surface area contributed by atoms with Crippen LogP contribution in [0.2, 0.25) is 0 Å². The van der Waals surface area contributed by atoms with Gasteiger partial charge in [-0.25, -0.2) is 4.39 Å². The maximum absolute atomic E-state index is 13.8. The van der Waals surface area contributed by atoms with Crippen LogP contribution in [0.3, 0.4) is 0 Å². The van der Waals surface area contributed by atoms with Gasteiger partial charge >= 0.3 is 0 Å². The fourth-order valence-corrected chi connectivity index (χ4v) is 3.13. The number of halogens is 2. The van der Waals surface area contributed by atoms with Crippen LogP contribution in [0.25, 0.3) is 0 Å². The highest BCUT2D eigenvalue weighted by Gasteiger charge is 2.18. The highest BCUT2D eigenvalue weighted by Crippen LogP contribution is 2.27. The summed E-state index contributed by atoms with van der Waals surface area (Å²) in [6, 6.07) is 10.4. The van der Waals surface area contributed by atoms with Gasteiger partial charge in [0.05, 0.1) is 0 Å². The molecule has 108 valence electrons. The number of nitrogens with one attached hydrogen (secondary N) is 1. The van der Waals surface area contributed by atoms with E-state index in [9.17, 15) is 9.18 Å². The molecule has 0 fully saturated rings. The summed E-state index contributed by atoms with van der Waals surface area (Å²) in [5.74, 6) is -0.373. The van der Waals surface area contributed by atoms with E-state index in [4.69, 9.17) is 0 Å². The molecule has 0 amide bonds. The summed E-state index contributed by atoms with van der Waals surface area (Å²) in [4.78, 5) is 12.5. The molecule has 3 rings (SSSR count). The molecule has 0 radical (unpaired) electrons. The summed E-state index contributed by atoms with van der Waals surface area (Å²) >= 11 is 3.31. The first kappa shape index (κ1) is 14.3. The van der Waals surface area contributed by atoms with Gasteiger partial charge in [-0.15, -0.1) is 0 Å². The molecule has 2 aromatic carbocycles. The average molecular weight is 348 g/mol. The van der Waals surface area contributed by atoms with E-state index in [1.807, 2.05) is 18.2 Å². The lowest BCUT2D eigenvalue weighted by Gasteiger charge is -2.20. The first-order valence-corrected chi connectivity index (χ1v) is 7.77. The molecule has 0 atom stereocenters. The van der Waals surface area contributed by atoms with Crippen molar-refractivity contribution in [2.75, 3.05) is 11.9 Å². The third-order valence-electron chi connectivity index (χ3n) is 3.75. The Balaban J connectivity index is 1.91. The molecule has 0 saturated carbocycles. The van der Waals surface area contributed by atoms with Crippen molar-refractivity contribution in [1.82, 2.24) is 0 Å². The number of ketones is 1. The van der Waals surface area contributed by atoms with Crippen LogP contribution in [0, 0.1) is 5.82 Å². The quantitative estimate of drug-likeness (QED) is 0.835. The van der Waals surface area contributed by atoms with Gasteiger partial charge in [-0.2, -0.15) is 0 Å². The van der Waals surface area contributed by atoms with Gasteiger partial charge in [-0.1, -0.05) is 28.1 Å². The molecular weight excluding hydrogens is 333 g/mol. The van der Waals surface area contributed by atoms with Gasteiger partial charge < -0.3 is 5.32 Å². The molecule has 4 heteroatoms. The number of hydrogen-bond donors (Lipinski definition) is 1. The summed E-state index contributed by atoms with van der Waals surface area (Å²) in [7, 11) is 0. The first-order valence-electron chi connectivity index (χ1n) is 6.98. The molecule has 0 saturated heterocycles. The predicted molar refractivity (Wildman–Crippen MR) is 85.4 cm³/mol. The Kier molecular flexibility index (Phi) is 4.06. The van der Waals surface area contributed by atoms with Crippen molar-refractivity contribution >= 4 is 27.4 Å². The van der Waals surface area contributed by atoms with Crippen molar-refractivity contribution in [1.29, 1.82) is 0 Å². The van der Waals surface area contributed by atoms with Crippen LogP contribution in [0.15, 0.2) is 40.9 Å². The van der Waals surface area contributed by atoms with Crippen molar-refractivity contribution in [3.05, 3.63) is 63.4 Å². The minimum Gasteiger partial charge on any atom is -0.385 e. The van der Waals surface area contributed by atoms with Crippen LogP contribution < -0.4 is 5.32 Å². The van der Waals surface area contributed by atoms with Crippen molar-refractivity contribution in [3.8, 4) is 0 Å². The monoisotopic (exact) mass is 347 g/mol. The molecule has 21 heavy (non-hydrogen) atoms. The van der Waals surface area contributed by atoms with E-state index in [0.717, 1.165) is 35.1 Å². The topological polar surface area (TPSA) is 29.1 Å². The molecule has 1 aliphatic rings. The van der Waals surface area contributed by atoms with Crippen LogP contribution in [-0.4, -0.2) is 12.3 Å². The van der Waals surface area contributed by atoms with Crippen molar-refractivity contribution in [2.24, 2.45) is 0 Å². The summed E-state index contributed by atoms with van der Waals surface area (Å²) < 4.78 is 14.6. The van der Waals surface area contributed by atoms with Gasteiger partial charge in [-0.3, -0.25) is 4.79 Å². The zero-order chi connectivity index (χ0) is 14.8. The Bertz CT molecular complexity index is 699. The first-order chi connectivity index (χ1) is 10.1. The van der Waals surface area contributed by atoms with Crippen LogP contribution >= 0.6 is 15.9 Å². The zero-order valence-corrected chi connectivity index (χ0v) is 13.0. The average Bonchev–Trinajstić information content (AvgIpc) is 2.50. The maximum atomic E-state index is 13.8. The van der Waals surface area contributed by atoms with E-state index in [1.165, 1.54) is 6.07 Å². The minimum absolute atomic E-state index is 0.0347. The molecule has 0 bridgehead atoms. The fourth-order valence-electron chi connectivity index (χ4n) is 2.72. The lowest BCUT2D eigenvalue weighted by molar-refractivity contribution is 0.0991. The Morgan fingerprint density at radius 1 is 1.29 bits per heavy atom. The number of anilines is 1. The molecule has 1 N–H and O–H groups in total. The number of Topliss-reactive ketones (excluding diaryl/α,β-unsaturated/α-hetero) is 1. The Labute approximate surface area is 131 Å². The van der Waals surface area contributed by atoms with E-state index < -0.39 is 0 Å². The van der Waals surface area contributed by atoms with Crippen molar-refractivity contribution in [2.45, 2.75) is 19.3 Å². The second-order valence-corrected chi connectivity index (χ2v) is 6.11. The third-order valence-corrected chi connectivity index (χ3v) is 4.25. The Morgan fingerprint density at radius 2 is 2.14 bits per heavy atom. The van der Waals surface area contributed by atoms with Gasteiger partial charge in [0, 0.05) is 28.7 Å². The lowest BCUT2D eigenvalue weighted by atomic mass is 9.93. The van der Waals surface area contributed by atoms with Crippen molar-refractivity contribution in [3.63, 3.8) is 0 Å². The second kappa shape index (κ2) is 5.98. The van der Waals surface area contributed by atoms with Gasteiger partial charge in [0.25, 0.3) is 0 Å². The lowest BCUT2D eigenvalue weighted by Crippen LogP contribution is -2.16. The standard InChI is InChI=1S/C17H15BrFNO/c18-12-6-7-15(19)11(9-12)10-17(21)14-3-1-5-16-13(14)4-2-8-20-16/h1,3,5-7,9,20H,2,4,8,10H2. The molecule has 1 heterocycles. The van der Waals surface area contributed by atoms with Gasteiger partial charge in [0.1, 0.15) is 5.82 Å². The molecule has 1 aliphatic heterocycles. The molecule has 2 aromatic rings. The smallest absolute Gasteiger partial charge is 0.167 e. The normalized spacial score (nSPS) is 13.4. The number of carbonyl (C=O) groups excluding carboxylic acids is 1. The van der Waals surface area contributed by atoms with Gasteiger partial charge in [0.2, 0.25) is 0 Å². The SMILES string of the molecule is O=C(Cc1cc(Br)ccc1F)c1cccc2c1CCCN2. The van der Waals surface area contributed by atoms with E-state index in [1.54, 1.807) is 12.1 Å². The third kappa shape index (κ3) is 3.00. The summed E-state index contributed by atoms with van der Waals surface area (Å²) in [5, 5.41) is 3.31. The fraction of sp³-hybridized carbons (Fsp3) is 0.235. The summed E-state index contributed by atoms with van der Waals surface area (Å²) in [5.41, 5.74) is 3.22. The number of carbonyl (C=O) groups is 1. The minimum atomic E-state index is -0.338. The summed E-state index contributed by atoms with van der Waals surface area (Å²) in [6.07, 6.45) is 2.00. The van der Waals surface area contributed by atoms with Crippen LogP contribution in [-0.2, 0) is 12.8 Å². The van der Waals surface area contributed by atoms with E-state index in [2.05, 4.69) is 21.2 Å². The largest absolute Gasteiger partial charge is 0.385 e. The predicted octanol–water partition coefficient (Wildman–Crippen LogP) is 4.37. The van der Waals surface area contributed by atoms with Crippen LogP contribution in [0.4, 0.5) is 10.1 Å². The van der Waals surface area contributed by atoms with Gasteiger partial charge in [-0.05, 0) is 48.2 Å². The highest BCUT2D eigenvalue weighted by atomic mass is 79.9. The van der Waals surface area contributed by atoms with Gasteiger partial charge in [0.15, 0.2) is 5.78 Å². The Morgan fingerprint density at radius 3 is 3.00 bits per heavy atom. The van der Waals surface area contributed by atoms with E-state index in [0.29, 0.717) is 11.1 Å². The maximum Gasteiger partial charge on any atom is 0.167 e. The highest BCUT2D eigenvalue weighted by molar-refractivity contribution is 9.10. The number of fused-ring (bicyclic) bond motifs is 1. The summed E-state index contributed by atoms with van der Waals surface area (Å²) in [6.45, 7) is 0.935. The number of rotatable bonds is 3. The molecule has 0 unspecified atom stereocenters. The number of hydrogen-bond acceptors (Lipinski definition) is 2. The molecule has 0 spiro atoms. The molecule has 0 aromatic heterocycles. The van der Waals surface area contributed by atoms with E-state index >= 15 is 0 Å². The van der Waals surface area contributed by atoms with Crippen LogP contribution in [0.1, 0.15) is 27.9 Å². The Hall–Kier alpha value is -1.68. The molecule has 0 aliphatic carbocycles. The zero-order valence-electron chi connectivity index (χ0n) is 11.5. The van der Waals surface area contributed by atoms with E-state index in [-0.39, 0.29) is 18.0 Å². The van der Waals surface area contributed by atoms with Crippen molar-refractivity contribution < 1.29 is 9.18 Å². The molecular formula is C17H15BrFNO. The molecule has 2 nitrogen and oxygen atoms in total. The number of benzene rings is 2.